The fourth-order valence-corrected chi connectivity index (χ4v) is 6.67. The SMILES string of the molecule is Cc1ccc(-n2c(SCC(=O)c3ccc(Cl)cc3)nc3sc4c(c3c2=O)CCN(C(C)C)C4)cc1. The van der Waals surface area contributed by atoms with E-state index in [-0.39, 0.29) is 17.1 Å². The molecule has 5 nitrogen and oxygen atoms in total. The Morgan fingerprint density at radius 2 is 1.86 bits per heavy atom. The van der Waals surface area contributed by atoms with Gasteiger partial charge in [-0.05, 0) is 69.2 Å². The van der Waals surface area contributed by atoms with Crippen molar-refractivity contribution in [1.82, 2.24) is 14.5 Å². The molecule has 0 fully saturated rings. The summed E-state index contributed by atoms with van der Waals surface area (Å²) in [7, 11) is 0. The van der Waals surface area contributed by atoms with Gasteiger partial charge in [0.2, 0.25) is 0 Å². The van der Waals surface area contributed by atoms with Crippen LogP contribution < -0.4 is 5.56 Å². The summed E-state index contributed by atoms with van der Waals surface area (Å²) in [6.45, 7) is 8.20. The molecule has 0 atom stereocenters. The van der Waals surface area contributed by atoms with E-state index in [1.807, 2.05) is 31.2 Å². The number of halogens is 1. The van der Waals surface area contributed by atoms with Crippen LogP contribution >= 0.6 is 34.7 Å². The maximum atomic E-state index is 13.9. The predicted molar refractivity (Wildman–Crippen MR) is 146 cm³/mol. The van der Waals surface area contributed by atoms with E-state index in [0.29, 0.717) is 21.8 Å². The smallest absolute Gasteiger partial charge is 0.267 e. The molecule has 5 rings (SSSR count). The molecule has 4 aromatic rings. The Labute approximate surface area is 217 Å². The molecule has 8 heteroatoms. The number of fused-ring (bicyclic) bond motifs is 3. The number of ketones is 1. The van der Waals surface area contributed by atoms with E-state index in [9.17, 15) is 9.59 Å². The van der Waals surface area contributed by atoms with Crippen molar-refractivity contribution in [3.8, 4) is 5.69 Å². The highest BCUT2D eigenvalue weighted by molar-refractivity contribution is 7.99. The van der Waals surface area contributed by atoms with E-state index in [1.165, 1.54) is 16.6 Å². The van der Waals surface area contributed by atoms with Crippen molar-refractivity contribution in [3.63, 3.8) is 0 Å². The number of thioether (sulfide) groups is 1. The van der Waals surface area contributed by atoms with Gasteiger partial charge in [-0.2, -0.15) is 0 Å². The number of thiophene rings is 1. The molecule has 0 amide bonds. The first-order chi connectivity index (χ1) is 16.8. The first kappa shape index (κ1) is 24.3. The summed E-state index contributed by atoms with van der Waals surface area (Å²) in [5, 5.41) is 1.85. The standard InChI is InChI=1S/C27H26ClN3O2S2/c1-16(2)30-13-12-21-23(14-30)35-25-24(21)26(33)31(20-10-4-17(3)5-11-20)27(29-25)34-15-22(32)18-6-8-19(28)9-7-18/h4-11,16H,12-15H2,1-3H3. The lowest BCUT2D eigenvalue weighted by Crippen LogP contribution is -2.35. The molecule has 2 aromatic heterocycles. The molecule has 0 aliphatic carbocycles. The summed E-state index contributed by atoms with van der Waals surface area (Å²) in [4.78, 5) is 36.1. The van der Waals surface area contributed by atoms with Gasteiger partial charge < -0.3 is 0 Å². The van der Waals surface area contributed by atoms with Crippen LogP contribution in [0.25, 0.3) is 15.9 Å². The Morgan fingerprint density at radius 1 is 1.14 bits per heavy atom. The zero-order valence-electron chi connectivity index (χ0n) is 19.9. The average molecular weight is 524 g/mol. The third-order valence-electron chi connectivity index (χ3n) is 6.39. The normalized spacial score (nSPS) is 14.0. The Balaban J connectivity index is 1.58. The van der Waals surface area contributed by atoms with Crippen LogP contribution in [0.4, 0.5) is 0 Å². The van der Waals surface area contributed by atoms with Crippen molar-refractivity contribution in [3.05, 3.63) is 85.5 Å². The molecule has 1 aliphatic rings. The lowest BCUT2D eigenvalue weighted by atomic mass is 10.0. The zero-order chi connectivity index (χ0) is 24.7. The lowest BCUT2D eigenvalue weighted by Gasteiger charge is -2.30. The number of rotatable bonds is 6. The van der Waals surface area contributed by atoms with Gasteiger partial charge >= 0.3 is 0 Å². The predicted octanol–water partition coefficient (Wildman–Crippen LogP) is 6.15. The summed E-state index contributed by atoms with van der Waals surface area (Å²) in [5.74, 6) is 0.145. The molecule has 1 aliphatic heterocycles. The molecular formula is C27H26ClN3O2S2. The number of carbonyl (C=O) groups is 1. The van der Waals surface area contributed by atoms with Gasteiger partial charge in [-0.3, -0.25) is 19.1 Å². The molecule has 35 heavy (non-hydrogen) atoms. The number of aryl methyl sites for hydroxylation is 1. The Hall–Kier alpha value is -2.45. The van der Waals surface area contributed by atoms with Gasteiger partial charge in [0.05, 0.1) is 16.8 Å². The lowest BCUT2D eigenvalue weighted by molar-refractivity contribution is 0.102. The van der Waals surface area contributed by atoms with Crippen molar-refractivity contribution in [2.45, 2.75) is 44.9 Å². The molecule has 0 N–H and O–H groups in total. The highest BCUT2D eigenvalue weighted by atomic mass is 35.5. The number of aromatic nitrogens is 2. The Bertz CT molecular complexity index is 1460. The highest BCUT2D eigenvalue weighted by Gasteiger charge is 2.26. The molecule has 0 radical (unpaired) electrons. The molecule has 0 saturated heterocycles. The molecule has 0 unspecified atom stereocenters. The molecule has 180 valence electrons. The first-order valence-electron chi connectivity index (χ1n) is 11.6. The second-order valence-electron chi connectivity index (χ2n) is 9.09. The van der Waals surface area contributed by atoms with E-state index in [1.54, 1.807) is 40.2 Å². The Kier molecular flexibility index (Phi) is 6.86. The molecular weight excluding hydrogens is 498 g/mol. The summed E-state index contributed by atoms with van der Waals surface area (Å²) in [5.41, 5.74) is 3.54. The van der Waals surface area contributed by atoms with Gasteiger partial charge in [0.25, 0.3) is 5.56 Å². The quantitative estimate of drug-likeness (QED) is 0.172. The van der Waals surface area contributed by atoms with Gasteiger partial charge in [-0.15, -0.1) is 11.3 Å². The summed E-state index contributed by atoms with van der Waals surface area (Å²) >= 11 is 8.87. The van der Waals surface area contributed by atoms with Gasteiger partial charge in [0.15, 0.2) is 10.9 Å². The third kappa shape index (κ3) is 4.83. The van der Waals surface area contributed by atoms with Crippen molar-refractivity contribution in [2.75, 3.05) is 12.3 Å². The van der Waals surface area contributed by atoms with Crippen molar-refractivity contribution in [1.29, 1.82) is 0 Å². The number of hydrogen-bond acceptors (Lipinski definition) is 6. The van der Waals surface area contributed by atoms with Crippen LogP contribution in [0.5, 0.6) is 0 Å². The number of carbonyl (C=O) groups excluding carboxylic acids is 1. The number of benzene rings is 2. The first-order valence-corrected chi connectivity index (χ1v) is 13.8. The highest BCUT2D eigenvalue weighted by Crippen LogP contribution is 2.35. The van der Waals surface area contributed by atoms with Gasteiger partial charge in [-0.25, -0.2) is 4.98 Å². The maximum Gasteiger partial charge on any atom is 0.267 e. The van der Waals surface area contributed by atoms with Crippen LogP contribution in [0.1, 0.15) is 40.2 Å². The second kappa shape index (κ2) is 9.90. The van der Waals surface area contributed by atoms with Crippen LogP contribution in [-0.4, -0.2) is 38.6 Å². The van der Waals surface area contributed by atoms with Gasteiger partial charge in [-0.1, -0.05) is 41.1 Å². The van der Waals surface area contributed by atoms with E-state index >= 15 is 0 Å². The van der Waals surface area contributed by atoms with E-state index < -0.39 is 0 Å². The van der Waals surface area contributed by atoms with E-state index in [2.05, 4.69) is 18.7 Å². The third-order valence-corrected chi connectivity index (χ3v) is 8.70. The van der Waals surface area contributed by atoms with Crippen LogP contribution in [0.3, 0.4) is 0 Å². The summed E-state index contributed by atoms with van der Waals surface area (Å²) in [6.07, 6.45) is 0.847. The monoisotopic (exact) mass is 523 g/mol. The molecule has 2 aromatic carbocycles. The largest absolute Gasteiger partial charge is 0.296 e. The van der Waals surface area contributed by atoms with Gasteiger partial charge in [0, 0.05) is 34.6 Å². The van der Waals surface area contributed by atoms with E-state index in [0.717, 1.165) is 46.5 Å². The minimum Gasteiger partial charge on any atom is -0.296 e. The minimum absolute atomic E-state index is 0.0329. The number of Topliss-reactive ketones (excluding diaryl/α,β-unsaturated/α-hetero) is 1. The average Bonchev–Trinajstić information content (AvgIpc) is 3.21. The molecule has 0 spiro atoms. The molecule has 3 heterocycles. The fourth-order valence-electron chi connectivity index (χ4n) is 4.35. The van der Waals surface area contributed by atoms with Crippen LogP contribution in [0.2, 0.25) is 5.02 Å². The van der Waals surface area contributed by atoms with Crippen molar-refractivity contribution < 1.29 is 4.79 Å². The Morgan fingerprint density at radius 3 is 2.54 bits per heavy atom. The zero-order valence-corrected chi connectivity index (χ0v) is 22.3. The molecule has 0 bridgehead atoms. The summed E-state index contributed by atoms with van der Waals surface area (Å²) < 4.78 is 1.67. The van der Waals surface area contributed by atoms with E-state index in [4.69, 9.17) is 16.6 Å². The number of hydrogen-bond donors (Lipinski definition) is 0. The molecule has 0 saturated carbocycles. The van der Waals surface area contributed by atoms with Crippen molar-refractivity contribution in [2.24, 2.45) is 0 Å². The second-order valence-corrected chi connectivity index (χ2v) is 11.5. The van der Waals surface area contributed by atoms with Crippen LogP contribution in [0.15, 0.2) is 58.5 Å². The van der Waals surface area contributed by atoms with Crippen LogP contribution in [-0.2, 0) is 13.0 Å². The van der Waals surface area contributed by atoms with Crippen molar-refractivity contribution >= 4 is 50.7 Å². The van der Waals surface area contributed by atoms with Gasteiger partial charge in [0.1, 0.15) is 4.83 Å². The van der Waals surface area contributed by atoms with Crippen LogP contribution in [0, 0.1) is 6.92 Å². The fraction of sp³-hybridized carbons (Fsp3) is 0.296. The topological polar surface area (TPSA) is 55.2 Å². The number of nitrogens with zero attached hydrogens (tertiary/aromatic N) is 3. The minimum atomic E-state index is -0.0595. The summed E-state index contributed by atoms with van der Waals surface area (Å²) in [6, 6.07) is 15.2. The maximum absolute atomic E-state index is 13.9.